The monoisotopic (exact) mass is 192 g/mol. The van der Waals surface area contributed by atoms with Gasteiger partial charge in [0.2, 0.25) is 0 Å². The second-order valence-electron chi connectivity index (χ2n) is 4.81. The smallest absolute Gasteiger partial charge is 0.0394 e. The van der Waals surface area contributed by atoms with Gasteiger partial charge in [0, 0.05) is 12.7 Å². The molecule has 2 rings (SSSR count). The van der Waals surface area contributed by atoms with Crippen molar-refractivity contribution in [1.29, 1.82) is 0 Å². The fourth-order valence-corrected chi connectivity index (χ4v) is 2.87. The second-order valence-corrected chi connectivity index (χ2v) is 4.81. The van der Waals surface area contributed by atoms with Gasteiger partial charge >= 0.3 is 0 Å². The molecule has 14 heavy (non-hydrogen) atoms. The third-order valence-corrected chi connectivity index (χ3v) is 3.79. The largest absolute Gasteiger partial charge is 0.293 e. The Morgan fingerprint density at radius 1 is 0.857 bits per heavy atom. The first-order chi connectivity index (χ1) is 6.97. The maximum atomic E-state index is 4.28. The van der Waals surface area contributed by atoms with Gasteiger partial charge in [-0.1, -0.05) is 38.2 Å². The Balaban J connectivity index is 1.86. The van der Waals surface area contributed by atoms with Crippen molar-refractivity contribution in [2.45, 2.75) is 51.4 Å². The van der Waals surface area contributed by atoms with Gasteiger partial charge in [0.15, 0.2) is 0 Å². The number of rotatable bonds is 1. The molecule has 0 spiro atoms. The molecule has 1 aliphatic carbocycles. The Labute approximate surface area is 88.0 Å². The van der Waals surface area contributed by atoms with Crippen molar-refractivity contribution in [3.63, 3.8) is 0 Å². The molecule has 1 fully saturated rings. The predicted molar refractivity (Wildman–Crippen MR) is 60.1 cm³/mol. The lowest BCUT2D eigenvalue weighted by atomic mass is 9.79. The van der Waals surface area contributed by atoms with E-state index in [9.17, 15) is 0 Å². The second kappa shape index (κ2) is 5.43. The molecule has 1 saturated carbocycles. The van der Waals surface area contributed by atoms with Crippen molar-refractivity contribution in [2.75, 3.05) is 6.54 Å². The number of nitrogens with zero attached hydrogens (tertiary/aromatic N) is 1. The molecule has 1 heterocycles. The van der Waals surface area contributed by atoms with Crippen molar-refractivity contribution >= 4 is 0 Å². The summed E-state index contributed by atoms with van der Waals surface area (Å²) in [6.07, 6.45) is 16.0. The van der Waals surface area contributed by atoms with Gasteiger partial charge < -0.3 is 0 Å². The zero-order valence-electron chi connectivity index (χ0n) is 9.12. The minimum atomic E-state index is 0.852. The van der Waals surface area contributed by atoms with E-state index in [2.05, 4.69) is 11.4 Å². The van der Waals surface area contributed by atoms with Crippen LogP contribution in [0.4, 0.5) is 0 Å². The van der Waals surface area contributed by atoms with Gasteiger partial charge in [-0.25, -0.2) is 0 Å². The average molecular weight is 192 g/mol. The van der Waals surface area contributed by atoms with Crippen molar-refractivity contribution in [2.24, 2.45) is 11.8 Å². The SMILES string of the molecule is C1=CC(C2CCCCCCC2)CC[N]1. The summed E-state index contributed by atoms with van der Waals surface area (Å²) >= 11 is 0. The van der Waals surface area contributed by atoms with Crippen LogP contribution in [0.25, 0.3) is 0 Å². The van der Waals surface area contributed by atoms with Gasteiger partial charge in [0.1, 0.15) is 0 Å². The molecule has 1 aliphatic heterocycles. The first-order valence-corrected chi connectivity index (χ1v) is 6.30. The van der Waals surface area contributed by atoms with Crippen molar-refractivity contribution in [3.05, 3.63) is 12.3 Å². The number of hydrogen-bond acceptors (Lipinski definition) is 0. The van der Waals surface area contributed by atoms with Gasteiger partial charge in [-0.2, -0.15) is 0 Å². The molecule has 1 atom stereocenters. The normalized spacial score (nSPS) is 30.4. The number of allylic oxidation sites excluding steroid dienone is 1. The highest BCUT2D eigenvalue weighted by Gasteiger charge is 2.21. The molecule has 0 aromatic carbocycles. The fraction of sp³-hybridized carbons (Fsp3) is 0.846. The molecule has 1 unspecified atom stereocenters. The van der Waals surface area contributed by atoms with Gasteiger partial charge in [-0.05, 0) is 31.1 Å². The molecule has 2 aliphatic rings. The van der Waals surface area contributed by atoms with E-state index in [4.69, 9.17) is 0 Å². The van der Waals surface area contributed by atoms with Crippen LogP contribution in [0.15, 0.2) is 12.3 Å². The van der Waals surface area contributed by atoms with Crippen LogP contribution in [0.2, 0.25) is 0 Å². The minimum Gasteiger partial charge on any atom is -0.293 e. The highest BCUT2D eigenvalue weighted by Crippen LogP contribution is 2.31. The molecule has 1 heteroatoms. The highest BCUT2D eigenvalue weighted by molar-refractivity contribution is 4.94. The zero-order chi connectivity index (χ0) is 9.64. The lowest BCUT2D eigenvalue weighted by Gasteiger charge is -2.28. The van der Waals surface area contributed by atoms with Crippen LogP contribution in [-0.4, -0.2) is 6.54 Å². The highest BCUT2D eigenvalue weighted by atomic mass is 14.8. The van der Waals surface area contributed by atoms with Crippen LogP contribution in [0.3, 0.4) is 0 Å². The molecule has 1 nitrogen and oxygen atoms in total. The molecule has 79 valence electrons. The molecule has 0 N–H and O–H groups in total. The summed E-state index contributed by atoms with van der Waals surface area (Å²) < 4.78 is 0. The van der Waals surface area contributed by atoms with E-state index >= 15 is 0 Å². The lowest BCUT2D eigenvalue weighted by Crippen LogP contribution is -2.21. The molecule has 0 aromatic rings. The van der Waals surface area contributed by atoms with Crippen LogP contribution in [0, 0.1) is 11.8 Å². The lowest BCUT2D eigenvalue weighted by molar-refractivity contribution is 0.286. The Bertz CT molecular complexity index is 178. The van der Waals surface area contributed by atoms with E-state index in [0.717, 1.165) is 18.4 Å². The van der Waals surface area contributed by atoms with Crippen LogP contribution in [0.1, 0.15) is 51.4 Å². The van der Waals surface area contributed by atoms with E-state index in [-0.39, 0.29) is 0 Å². The van der Waals surface area contributed by atoms with Gasteiger partial charge in [0.05, 0.1) is 0 Å². The Kier molecular flexibility index (Phi) is 3.90. The first-order valence-electron chi connectivity index (χ1n) is 6.30. The van der Waals surface area contributed by atoms with E-state index in [1.54, 1.807) is 0 Å². The van der Waals surface area contributed by atoms with Crippen LogP contribution in [0.5, 0.6) is 0 Å². The third-order valence-electron chi connectivity index (χ3n) is 3.79. The summed E-state index contributed by atoms with van der Waals surface area (Å²) in [5.41, 5.74) is 0. The fourth-order valence-electron chi connectivity index (χ4n) is 2.87. The standard InChI is InChI=1S/C13H22N/c1-2-4-6-12(7-5-3-1)13-8-10-14-11-9-13/h8,10,12-13H,1-7,9,11H2. The van der Waals surface area contributed by atoms with E-state index in [1.807, 2.05) is 6.20 Å². The minimum absolute atomic E-state index is 0.852. The number of hydrogen-bond donors (Lipinski definition) is 0. The predicted octanol–water partition coefficient (Wildman–Crippen LogP) is 3.48. The topological polar surface area (TPSA) is 14.1 Å². The zero-order valence-corrected chi connectivity index (χ0v) is 9.12. The van der Waals surface area contributed by atoms with Gasteiger partial charge in [-0.15, -0.1) is 0 Å². The van der Waals surface area contributed by atoms with Crippen molar-refractivity contribution < 1.29 is 0 Å². The Morgan fingerprint density at radius 2 is 1.57 bits per heavy atom. The quantitative estimate of drug-likeness (QED) is 0.604. The van der Waals surface area contributed by atoms with Crippen molar-refractivity contribution in [3.8, 4) is 0 Å². The molecular weight excluding hydrogens is 170 g/mol. The van der Waals surface area contributed by atoms with Crippen LogP contribution >= 0.6 is 0 Å². The van der Waals surface area contributed by atoms with Gasteiger partial charge in [0.25, 0.3) is 0 Å². The Morgan fingerprint density at radius 3 is 2.21 bits per heavy atom. The molecular formula is C13H22N. The summed E-state index contributed by atoms with van der Waals surface area (Å²) in [6.45, 7) is 1.07. The van der Waals surface area contributed by atoms with E-state index in [1.165, 1.54) is 51.4 Å². The van der Waals surface area contributed by atoms with E-state index < -0.39 is 0 Å². The van der Waals surface area contributed by atoms with Crippen LogP contribution < -0.4 is 5.32 Å². The Hall–Kier alpha value is -0.460. The van der Waals surface area contributed by atoms with Crippen LogP contribution in [-0.2, 0) is 0 Å². The average Bonchev–Trinajstić information content (AvgIpc) is 2.18. The summed E-state index contributed by atoms with van der Waals surface area (Å²) in [5.74, 6) is 1.83. The molecule has 0 bridgehead atoms. The van der Waals surface area contributed by atoms with Gasteiger partial charge in [-0.3, -0.25) is 5.32 Å². The summed E-state index contributed by atoms with van der Waals surface area (Å²) in [7, 11) is 0. The third kappa shape index (κ3) is 2.76. The van der Waals surface area contributed by atoms with Crippen molar-refractivity contribution in [1.82, 2.24) is 5.32 Å². The first kappa shape index (κ1) is 10.1. The summed E-state index contributed by atoms with van der Waals surface area (Å²) in [6, 6.07) is 0. The molecule has 0 amide bonds. The summed E-state index contributed by atoms with van der Waals surface area (Å²) in [5, 5.41) is 4.28. The summed E-state index contributed by atoms with van der Waals surface area (Å²) in [4.78, 5) is 0. The molecule has 0 saturated heterocycles. The maximum absolute atomic E-state index is 4.28. The molecule has 1 radical (unpaired) electrons. The maximum Gasteiger partial charge on any atom is 0.0394 e. The van der Waals surface area contributed by atoms with E-state index in [0.29, 0.717) is 0 Å². The molecule has 0 aromatic heterocycles.